The summed E-state index contributed by atoms with van der Waals surface area (Å²) in [4.78, 5) is 0. The van der Waals surface area contributed by atoms with E-state index in [9.17, 15) is 0 Å². The Morgan fingerprint density at radius 1 is 1.55 bits per heavy atom. The molecule has 2 aliphatic rings. The molecular formula is C8H15NO2. The lowest BCUT2D eigenvalue weighted by Crippen LogP contribution is -2.38. The van der Waals surface area contributed by atoms with Gasteiger partial charge in [-0.05, 0) is 24.7 Å². The molecule has 2 bridgehead atoms. The quantitative estimate of drug-likeness (QED) is 0.580. The minimum atomic E-state index is -0.0575. The first kappa shape index (κ1) is 7.53. The summed E-state index contributed by atoms with van der Waals surface area (Å²) in [7, 11) is 0. The van der Waals surface area contributed by atoms with Crippen LogP contribution in [0.15, 0.2) is 0 Å². The Kier molecular flexibility index (Phi) is 1.67. The first-order valence-electron chi connectivity index (χ1n) is 4.24. The van der Waals surface area contributed by atoms with Crippen LogP contribution in [-0.4, -0.2) is 30.5 Å². The van der Waals surface area contributed by atoms with Crippen molar-refractivity contribution in [2.45, 2.75) is 18.4 Å². The zero-order chi connectivity index (χ0) is 7.90. The van der Waals surface area contributed by atoms with Gasteiger partial charge in [-0.1, -0.05) is 0 Å². The van der Waals surface area contributed by atoms with Crippen LogP contribution in [0.1, 0.15) is 12.8 Å². The average Bonchev–Trinajstić information content (AvgIpc) is 2.61. The molecule has 0 amide bonds. The van der Waals surface area contributed by atoms with Gasteiger partial charge in [-0.3, -0.25) is 0 Å². The van der Waals surface area contributed by atoms with Crippen molar-refractivity contribution in [3.05, 3.63) is 0 Å². The average molecular weight is 157 g/mol. The van der Waals surface area contributed by atoms with Crippen molar-refractivity contribution in [3.8, 4) is 0 Å². The molecule has 3 heteroatoms. The van der Waals surface area contributed by atoms with Crippen LogP contribution in [-0.2, 0) is 4.74 Å². The van der Waals surface area contributed by atoms with E-state index < -0.39 is 0 Å². The zero-order valence-electron chi connectivity index (χ0n) is 6.62. The molecule has 0 spiro atoms. The van der Waals surface area contributed by atoms with Gasteiger partial charge in [0.2, 0.25) is 0 Å². The molecule has 0 unspecified atom stereocenters. The van der Waals surface area contributed by atoms with Gasteiger partial charge in [0.1, 0.15) is 0 Å². The van der Waals surface area contributed by atoms with Crippen molar-refractivity contribution in [1.29, 1.82) is 0 Å². The predicted octanol–water partition coefficient (Wildman–Crippen LogP) is -0.267. The van der Waals surface area contributed by atoms with Crippen LogP contribution in [0.25, 0.3) is 0 Å². The molecule has 1 saturated heterocycles. The molecule has 0 aromatic carbocycles. The molecule has 1 heterocycles. The maximum absolute atomic E-state index is 9.00. The van der Waals surface area contributed by atoms with Crippen LogP contribution >= 0.6 is 0 Å². The summed E-state index contributed by atoms with van der Waals surface area (Å²) in [5.74, 6) is 1.02. The summed E-state index contributed by atoms with van der Waals surface area (Å²) in [5.41, 5.74) is 5.56. The van der Waals surface area contributed by atoms with E-state index in [0.29, 0.717) is 25.0 Å². The molecule has 1 aliphatic heterocycles. The number of aliphatic hydroxyl groups excluding tert-OH is 1. The number of rotatable bonds is 2. The Labute approximate surface area is 66.5 Å². The SMILES string of the molecule is NC[C@]12C[C@H](CO)[C@@H](CO1)C2. The van der Waals surface area contributed by atoms with Crippen LogP contribution in [0.5, 0.6) is 0 Å². The Morgan fingerprint density at radius 2 is 2.36 bits per heavy atom. The number of hydrogen-bond donors (Lipinski definition) is 2. The monoisotopic (exact) mass is 157 g/mol. The molecule has 2 fully saturated rings. The lowest BCUT2D eigenvalue weighted by atomic mass is 9.96. The largest absolute Gasteiger partial charge is 0.396 e. The fourth-order valence-electron chi connectivity index (χ4n) is 2.41. The Balaban J connectivity index is 2.08. The number of fused-ring (bicyclic) bond motifs is 2. The molecular weight excluding hydrogens is 142 g/mol. The molecule has 64 valence electrons. The van der Waals surface area contributed by atoms with E-state index in [-0.39, 0.29) is 5.60 Å². The summed E-state index contributed by atoms with van der Waals surface area (Å²) in [6, 6.07) is 0. The summed E-state index contributed by atoms with van der Waals surface area (Å²) in [6.45, 7) is 1.72. The highest BCUT2D eigenvalue weighted by atomic mass is 16.5. The minimum Gasteiger partial charge on any atom is -0.396 e. The predicted molar refractivity (Wildman–Crippen MR) is 41.0 cm³/mol. The zero-order valence-corrected chi connectivity index (χ0v) is 6.62. The number of hydrogen-bond acceptors (Lipinski definition) is 3. The highest BCUT2D eigenvalue weighted by Gasteiger charge is 2.50. The normalized spacial score (nSPS) is 48.5. The molecule has 3 nitrogen and oxygen atoms in total. The molecule has 3 atom stereocenters. The number of aliphatic hydroxyl groups is 1. The molecule has 2 rings (SSSR count). The van der Waals surface area contributed by atoms with E-state index in [1.54, 1.807) is 0 Å². The smallest absolute Gasteiger partial charge is 0.0811 e. The standard InChI is InChI=1S/C8H15NO2/c9-5-8-1-6(3-10)7(2-8)4-11-8/h6-7,10H,1-5,9H2/t6-,7-,8-/m1/s1. The van der Waals surface area contributed by atoms with Crippen molar-refractivity contribution in [3.63, 3.8) is 0 Å². The van der Waals surface area contributed by atoms with Crippen LogP contribution < -0.4 is 5.73 Å². The van der Waals surface area contributed by atoms with E-state index in [1.165, 1.54) is 0 Å². The summed E-state index contributed by atoms with van der Waals surface area (Å²) in [5, 5.41) is 9.00. The van der Waals surface area contributed by atoms with Gasteiger partial charge in [0.25, 0.3) is 0 Å². The Hall–Kier alpha value is -0.120. The number of ether oxygens (including phenoxy) is 1. The Bertz CT molecular complexity index is 162. The summed E-state index contributed by atoms with van der Waals surface area (Å²) < 4.78 is 5.58. The van der Waals surface area contributed by atoms with Crippen LogP contribution in [0, 0.1) is 11.8 Å². The maximum Gasteiger partial charge on any atom is 0.0811 e. The first-order valence-corrected chi connectivity index (χ1v) is 4.24. The van der Waals surface area contributed by atoms with Gasteiger partial charge in [-0.15, -0.1) is 0 Å². The Morgan fingerprint density at radius 3 is 2.82 bits per heavy atom. The molecule has 11 heavy (non-hydrogen) atoms. The highest BCUT2D eigenvalue weighted by Crippen LogP contribution is 2.47. The second kappa shape index (κ2) is 2.44. The van der Waals surface area contributed by atoms with Gasteiger partial charge < -0.3 is 15.6 Å². The van der Waals surface area contributed by atoms with Gasteiger partial charge in [0.15, 0.2) is 0 Å². The van der Waals surface area contributed by atoms with E-state index in [4.69, 9.17) is 15.6 Å². The van der Waals surface area contributed by atoms with Gasteiger partial charge >= 0.3 is 0 Å². The van der Waals surface area contributed by atoms with Crippen molar-refractivity contribution < 1.29 is 9.84 Å². The third-order valence-corrected chi connectivity index (χ3v) is 3.15. The third-order valence-electron chi connectivity index (χ3n) is 3.15. The van der Waals surface area contributed by atoms with E-state index in [0.717, 1.165) is 19.4 Å². The molecule has 0 aromatic heterocycles. The second-order valence-electron chi connectivity index (χ2n) is 3.81. The fraction of sp³-hybridized carbons (Fsp3) is 1.00. The minimum absolute atomic E-state index is 0.0575. The van der Waals surface area contributed by atoms with Crippen molar-refractivity contribution in [2.75, 3.05) is 19.8 Å². The van der Waals surface area contributed by atoms with Crippen molar-refractivity contribution in [1.82, 2.24) is 0 Å². The first-order chi connectivity index (χ1) is 5.29. The van der Waals surface area contributed by atoms with Gasteiger partial charge in [-0.25, -0.2) is 0 Å². The topological polar surface area (TPSA) is 55.5 Å². The highest BCUT2D eigenvalue weighted by molar-refractivity contribution is 5.01. The molecule has 1 saturated carbocycles. The van der Waals surface area contributed by atoms with Crippen LogP contribution in [0.2, 0.25) is 0 Å². The summed E-state index contributed by atoms with van der Waals surface area (Å²) in [6.07, 6.45) is 2.03. The third kappa shape index (κ3) is 0.991. The van der Waals surface area contributed by atoms with Crippen molar-refractivity contribution >= 4 is 0 Å². The lowest BCUT2D eigenvalue weighted by Gasteiger charge is -2.28. The van der Waals surface area contributed by atoms with Crippen molar-refractivity contribution in [2.24, 2.45) is 17.6 Å². The maximum atomic E-state index is 9.00. The van der Waals surface area contributed by atoms with E-state index >= 15 is 0 Å². The van der Waals surface area contributed by atoms with Gasteiger partial charge in [0.05, 0.1) is 12.2 Å². The lowest BCUT2D eigenvalue weighted by molar-refractivity contribution is -0.0354. The van der Waals surface area contributed by atoms with E-state index in [1.807, 2.05) is 0 Å². The second-order valence-corrected chi connectivity index (χ2v) is 3.81. The molecule has 0 aromatic rings. The number of nitrogens with two attached hydrogens (primary N) is 1. The van der Waals surface area contributed by atoms with Gasteiger partial charge in [-0.2, -0.15) is 0 Å². The van der Waals surface area contributed by atoms with Crippen LogP contribution in [0.3, 0.4) is 0 Å². The van der Waals surface area contributed by atoms with E-state index in [2.05, 4.69) is 0 Å². The van der Waals surface area contributed by atoms with Crippen LogP contribution in [0.4, 0.5) is 0 Å². The fourth-order valence-corrected chi connectivity index (χ4v) is 2.41. The summed E-state index contributed by atoms with van der Waals surface area (Å²) >= 11 is 0. The molecule has 1 aliphatic carbocycles. The molecule has 0 radical (unpaired) electrons. The molecule has 3 N–H and O–H groups in total. The van der Waals surface area contributed by atoms with Gasteiger partial charge in [0, 0.05) is 13.2 Å².